The van der Waals surface area contributed by atoms with Crippen LogP contribution in [0.15, 0.2) is 29.3 Å². The molecule has 1 atom stereocenters. The Morgan fingerprint density at radius 3 is 2.61 bits per heavy atom. The van der Waals surface area contributed by atoms with E-state index in [1.165, 1.54) is 4.90 Å². The van der Waals surface area contributed by atoms with Crippen LogP contribution < -0.4 is 15.4 Å². The molecule has 6 nitrogen and oxygen atoms in total. The van der Waals surface area contributed by atoms with Crippen molar-refractivity contribution in [3.63, 3.8) is 0 Å². The van der Waals surface area contributed by atoms with Crippen LogP contribution in [0, 0.1) is 5.41 Å². The fraction of sp³-hybridized carbons (Fsp3) is 0.636. The first-order valence-electron chi connectivity index (χ1n) is 10.1. The normalized spacial score (nSPS) is 13.0. The summed E-state index contributed by atoms with van der Waals surface area (Å²) in [4.78, 5) is 17.9. The summed E-state index contributed by atoms with van der Waals surface area (Å²) in [5.41, 5.74) is 1.37. The lowest BCUT2D eigenvalue weighted by molar-refractivity contribution is -0.130. The maximum absolute atomic E-state index is 11.7. The molecule has 1 amide bonds. The van der Waals surface area contributed by atoms with Gasteiger partial charge in [0.25, 0.3) is 5.91 Å². The third-order valence-corrected chi connectivity index (χ3v) is 4.23. The molecule has 2 N–H and O–H groups in total. The zero-order chi connectivity index (χ0) is 21.2. The van der Waals surface area contributed by atoms with Gasteiger partial charge in [-0.1, -0.05) is 32.9 Å². The Balaban J connectivity index is 2.66. The Bertz CT molecular complexity index is 636. The van der Waals surface area contributed by atoms with Crippen molar-refractivity contribution in [2.24, 2.45) is 10.4 Å². The highest BCUT2D eigenvalue weighted by Gasteiger charge is 2.13. The number of amides is 1. The van der Waals surface area contributed by atoms with E-state index < -0.39 is 0 Å². The Morgan fingerprint density at radius 1 is 1.29 bits per heavy atom. The van der Waals surface area contributed by atoms with Crippen LogP contribution in [0.5, 0.6) is 5.75 Å². The third kappa shape index (κ3) is 10.2. The molecule has 0 aromatic heterocycles. The van der Waals surface area contributed by atoms with Gasteiger partial charge in [0.15, 0.2) is 12.6 Å². The Labute approximate surface area is 170 Å². The van der Waals surface area contributed by atoms with Crippen LogP contribution in [0.4, 0.5) is 0 Å². The highest BCUT2D eigenvalue weighted by atomic mass is 16.5. The summed E-state index contributed by atoms with van der Waals surface area (Å²) >= 11 is 0. The van der Waals surface area contributed by atoms with Crippen LogP contribution in [-0.4, -0.2) is 50.1 Å². The van der Waals surface area contributed by atoms with Crippen molar-refractivity contribution in [1.29, 1.82) is 0 Å². The smallest absolute Gasteiger partial charge is 0.259 e. The topological polar surface area (TPSA) is 66.0 Å². The molecule has 28 heavy (non-hydrogen) atoms. The minimum absolute atomic E-state index is 0.0369. The van der Waals surface area contributed by atoms with Gasteiger partial charge in [0, 0.05) is 26.7 Å². The summed E-state index contributed by atoms with van der Waals surface area (Å²) in [6, 6.07) is 8.07. The molecule has 0 bridgehead atoms. The maximum Gasteiger partial charge on any atom is 0.259 e. The van der Waals surface area contributed by atoms with Crippen molar-refractivity contribution < 1.29 is 9.53 Å². The molecule has 0 saturated heterocycles. The molecule has 6 heteroatoms. The van der Waals surface area contributed by atoms with Crippen LogP contribution in [0.3, 0.4) is 0 Å². The van der Waals surface area contributed by atoms with E-state index in [4.69, 9.17) is 9.73 Å². The highest BCUT2D eigenvalue weighted by Crippen LogP contribution is 2.21. The van der Waals surface area contributed by atoms with E-state index in [-0.39, 0.29) is 12.5 Å². The van der Waals surface area contributed by atoms with Crippen LogP contribution in [0.25, 0.3) is 0 Å². The molecule has 0 saturated carbocycles. The lowest BCUT2D eigenvalue weighted by Gasteiger charge is -2.23. The second-order valence-corrected chi connectivity index (χ2v) is 8.56. The SMILES string of the molecule is CCNC(=NCc1cccc(OCC(=O)N(C)C)c1)NC(C)CCC(C)(C)C. The fourth-order valence-corrected chi connectivity index (χ4v) is 2.45. The molecular formula is C22H38N4O2. The number of nitrogens with one attached hydrogen (secondary N) is 2. The molecule has 158 valence electrons. The van der Waals surface area contributed by atoms with E-state index in [0.29, 0.717) is 23.8 Å². The molecule has 1 rings (SSSR count). The first-order valence-corrected chi connectivity index (χ1v) is 10.1. The number of ether oxygens (including phenoxy) is 1. The lowest BCUT2D eigenvalue weighted by Crippen LogP contribution is -2.42. The van der Waals surface area contributed by atoms with Gasteiger partial charge in [-0.05, 0) is 49.8 Å². The van der Waals surface area contributed by atoms with Crippen molar-refractivity contribution in [1.82, 2.24) is 15.5 Å². The molecule has 1 unspecified atom stereocenters. The molecule has 0 fully saturated rings. The molecule has 0 spiro atoms. The standard InChI is InChI=1S/C22H38N4O2/c1-8-23-21(25-17(2)12-13-22(3,4)5)24-15-18-10-9-11-19(14-18)28-16-20(27)26(6)7/h9-11,14,17H,8,12-13,15-16H2,1-7H3,(H2,23,24,25). The van der Waals surface area contributed by atoms with Crippen LogP contribution in [-0.2, 0) is 11.3 Å². The molecule has 0 aliphatic rings. The average Bonchev–Trinajstić information content (AvgIpc) is 2.62. The van der Waals surface area contributed by atoms with Crippen LogP contribution >= 0.6 is 0 Å². The van der Waals surface area contributed by atoms with Gasteiger partial charge in [0.05, 0.1) is 6.54 Å². The summed E-state index contributed by atoms with van der Waals surface area (Å²) in [6.07, 6.45) is 2.25. The third-order valence-electron chi connectivity index (χ3n) is 4.23. The largest absolute Gasteiger partial charge is 0.484 e. The van der Waals surface area contributed by atoms with Crippen molar-refractivity contribution in [2.45, 2.75) is 60.0 Å². The quantitative estimate of drug-likeness (QED) is 0.501. The van der Waals surface area contributed by atoms with Crippen molar-refractivity contribution >= 4 is 11.9 Å². The van der Waals surface area contributed by atoms with Gasteiger partial charge in [0.1, 0.15) is 5.75 Å². The number of nitrogens with zero attached hydrogens (tertiary/aromatic N) is 2. The predicted molar refractivity (Wildman–Crippen MR) is 117 cm³/mol. The van der Waals surface area contributed by atoms with Gasteiger partial charge in [-0.15, -0.1) is 0 Å². The summed E-state index contributed by atoms with van der Waals surface area (Å²) in [5, 5.41) is 6.79. The number of carbonyl (C=O) groups is 1. The van der Waals surface area contributed by atoms with E-state index in [9.17, 15) is 4.79 Å². The van der Waals surface area contributed by atoms with Gasteiger partial charge >= 0.3 is 0 Å². The first-order chi connectivity index (χ1) is 13.1. The Hall–Kier alpha value is -2.24. The minimum Gasteiger partial charge on any atom is -0.484 e. The number of rotatable bonds is 9. The van der Waals surface area contributed by atoms with E-state index >= 15 is 0 Å². The van der Waals surface area contributed by atoms with Gasteiger partial charge < -0.3 is 20.3 Å². The van der Waals surface area contributed by atoms with Crippen LogP contribution in [0.1, 0.15) is 53.0 Å². The summed E-state index contributed by atoms with van der Waals surface area (Å²) < 4.78 is 5.58. The molecule has 0 radical (unpaired) electrons. The van der Waals surface area contributed by atoms with E-state index in [1.807, 2.05) is 24.3 Å². The molecule has 0 heterocycles. The van der Waals surface area contributed by atoms with Gasteiger partial charge in [-0.3, -0.25) is 4.79 Å². The number of hydrogen-bond acceptors (Lipinski definition) is 3. The zero-order valence-corrected chi connectivity index (χ0v) is 18.6. The molecule has 1 aromatic carbocycles. The lowest BCUT2D eigenvalue weighted by atomic mass is 9.89. The van der Waals surface area contributed by atoms with Crippen molar-refractivity contribution in [3.05, 3.63) is 29.8 Å². The first kappa shape index (κ1) is 23.8. The number of carbonyl (C=O) groups excluding carboxylic acids is 1. The number of hydrogen-bond donors (Lipinski definition) is 2. The summed E-state index contributed by atoms with van der Waals surface area (Å²) in [5.74, 6) is 1.43. The number of guanidine groups is 1. The number of likely N-dealkylation sites (N-methyl/N-ethyl adjacent to an activating group) is 1. The summed E-state index contributed by atoms with van der Waals surface area (Å²) in [6.45, 7) is 12.4. The molecule has 0 aliphatic carbocycles. The Morgan fingerprint density at radius 2 is 2.00 bits per heavy atom. The number of benzene rings is 1. The van der Waals surface area contributed by atoms with E-state index in [0.717, 1.165) is 30.9 Å². The zero-order valence-electron chi connectivity index (χ0n) is 18.6. The van der Waals surface area contributed by atoms with Gasteiger partial charge in [-0.2, -0.15) is 0 Å². The van der Waals surface area contributed by atoms with Crippen LogP contribution in [0.2, 0.25) is 0 Å². The molecule has 0 aliphatic heterocycles. The van der Waals surface area contributed by atoms with E-state index in [1.54, 1.807) is 14.1 Å². The maximum atomic E-state index is 11.7. The second-order valence-electron chi connectivity index (χ2n) is 8.56. The minimum atomic E-state index is -0.0636. The summed E-state index contributed by atoms with van der Waals surface area (Å²) in [7, 11) is 3.43. The predicted octanol–water partition coefficient (Wildman–Crippen LogP) is 3.42. The second kappa shape index (κ2) is 11.6. The fourth-order valence-electron chi connectivity index (χ4n) is 2.45. The highest BCUT2D eigenvalue weighted by molar-refractivity contribution is 5.80. The Kier molecular flexibility index (Phi) is 9.83. The molecular weight excluding hydrogens is 352 g/mol. The average molecular weight is 391 g/mol. The van der Waals surface area contributed by atoms with Crippen molar-refractivity contribution in [3.8, 4) is 5.75 Å². The molecule has 1 aromatic rings. The van der Waals surface area contributed by atoms with Gasteiger partial charge in [-0.25, -0.2) is 4.99 Å². The van der Waals surface area contributed by atoms with Crippen molar-refractivity contribution in [2.75, 3.05) is 27.2 Å². The van der Waals surface area contributed by atoms with E-state index in [2.05, 4.69) is 45.3 Å². The number of aliphatic imine (C=N–C) groups is 1. The monoisotopic (exact) mass is 390 g/mol. The van der Waals surface area contributed by atoms with Gasteiger partial charge in [0.2, 0.25) is 0 Å².